The van der Waals surface area contributed by atoms with Crippen molar-refractivity contribution in [2.75, 3.05) is 6.61 Å². The maximum absolute atomic E-state index is 12.0. The number of nitrogens with zero attached hydrogens (tertiary/aromatic N) is 1. The van der Waals surface area contributed by atoms with Gasteiger partial charge < -0.3 is 9.15 Å². The van der Waals surface area contributed by atoms with Crippen LogP contribution in [0.15, 0.2) is 58.1 Å². The van der Waals surface area contributed by atoms with Crippen LogP contribution in [-0.2, 0) is 4.74 Å². The minimum absolute atomic E-state index is 0.120. The van der Waals surface area contributed by atoms with Crippen molar-refractivity contribution in [3.05, 3.63) is 60.1 Å². The molecule has 0 bridgehead atoms. The zero-order valence-corrected chi connectivity index (χ0v) is 12.8. The number of rotatable bonds is 5. The third-order valence-corrected chi connectivity index (χ3v) is 3.00. The predicted molar refractivity (Wildman–Crippen MR) is 84.7 cm³/mol. The van der Waals surface area contributed by atoms with Gasteiger partial charge in [-0.3, -0.25) is 10.1 Å². The van der Waals surface area contributed by atoms with Crippen molar-refractivity contribution in [1.82, 2.24) is 5.32 Å². The second-order valence-corrected chi connectivity index (χ2v) is 4.80. The first kappa shape index (κ1) is 15.8. The van der Waals surface area contributed by atoms with E-state index in [1.54, 1.807) is 12.1 Å². The van der Waals surface area contributed by atoms with Gasteiger partial charge in [0.25, 0.3) is 11.9 Å². The van der Waals surface area contributed by atoms with Gasteiger partial charge >= 0.3 is 0 Å². The highest BCUT2D eigenvalue weighted by Crippen LogP contribution is 2.16. The Labute approximate surface area is 130 Å². The lowest BCUT2D eigenvalue weighted by molar-refractivity contribution is 0.0938. The van der Waals surface area contributed by atoms with Crippen molar-refractivity contribution in [3.8, 4) is 0 Å². The summed E-state index contributed by atoms with van der Waals surface area (Å²) in [6.07, 6.45) is 2.28. The molecule has 1 atom stereocenters. The molecule has 0 saturated carbocycles. The number of carbonyl (C=O) groups excluding carboxylic acids is 1. The van der Waals surface area contributed by atoms with Gasteiger partial charge in [0.05, 0.1) is 18.9 Å². The number of hydrogen-bond donors (Lipinski definition) is 1. The first-order valence-electron chi connectivity index (χ1n) is 7.31. The molecule has 1 unspecified atom stereocenters. The molecule has 0 radical (unpaired) electrons. The number of nitrogens with one attached hydrogen (secondary N) is 1. The maximum Gasteiger partial charge on any atom is 0.294 e. The van der Waals surface area contributed by atoms with Gasteiger partial charge in [-0.1, -0.05) is 37.3 Å². The number of hydrogen-bond acceptors (Lipinski definition) is 4. The molecule has 22 heavy (non-hydrogen) atoms. The SMILES string of the molecule is CCCOC(=NC(C)c1ccccc1)NC(=O)c1ccco1. The van der Waals surface area contributed by atoms with Gasteiger partial charge in [-0.25, -0.2) is 4.99 Å². The topological polar surface area (TPSA) is 63.8 Å². The zero-order valence-electron chi connectivity index (χ0n) is 12.8. The van der Waals surface area contributed by atoms with Crippen molar-refractivity contribution >= 4 is 11.9 Å². The van der Waals surface area contributed by atoms with Crippen molar-refractivity contribution in [2.45, 2.75) is 26.3 Å². The molecule has 0 spiro atoms. The normalized spacial score (nSPS) is 12.7. The molecule has 116 valence electrons. The van der Waals surface area contributed by atoms with Crippen molar-refractivity contribution in [1.29, 1.82) is 0 Å². The van der Waals surface area contributed by atoms with Gasteiger partial charge in [0.2, 0.25) is 0 Å². The van der Waals surface area contributed by atoms with Crippen LogP contribution in [0, 0.1) is 0 Å². The molecule has 2 aromatic rings. The fourth-order valence-electron chi connectivity index (χ4n) is 1.85. The second-order valence-electron chi connectivity index (χ2n) is 4.80. The van der Waals surface area contributed by atoms with Gasteiger partial charge in [0.15, 0.2) is 5.76 Å². The molecule has 0 aliphatic heterocycles. The summed E-state index contributed by atoms with van der Waals surface area (Å²) in [5, 5.41) is 2.65. The summed E-state index contributed by atoms with van der Waals surface area (Å²) in [6.45, 7) is 4.43. The molecule has 1 heterocycles. The van der Waals surface area contributed by atoms with Crippen LogP contribution in [0.5, 0.6) is 0 Å². The fourth-order valence-corrected chi connectivity index (χ4v) is 1.85. The van der Waals surface area contributed by atoms with Crippen LogP contribution in [0.2, 0.25) is 0 Å². The van der Waals surface area contributed by atoms with Gasteiger partial charge in [-0.15, -0.1) is 0 Å². The zero-order chi connectivity index (χ0) is 15.8. The lowest BCUT2D eigenvalue weighted by Crippen LogP contribution is -2.33. The summed E-state index contributed by atoms with van der Waals surface area (Å²) in [4.78, 5) is 16.5. The Bertz CT molecular complexity index is 606. The van der Waals surface area contributed by atoms with Crippen molar-refractivity contribution in [2.24, 2.45) is 4.99 Å². The van der Waals surface area contributed by atoms with E-state index in [1.807, 2.05) is 44.2 Å². The summed E-state index contributed by atoms with van der Waals surface area (Å²) in [5.41, 5.74) is 1.05. The molecule has 0 saturated heterocycles. The van der Waals surface area contributed by atoms with E-state index >= 15 is 0 Å². The summed E-state index contributed by atoms with van der Waals surface area (Å²) in [6, 6.07) is 13.2. The molecular formula is C17H20N2O3. The van der Waals surface area contributed by atoms with Crippen LogP contribution < -0.4 is 5.32 Å². The van der Waals surface area contributed by atoms with Crippen molar-refractivity contribution in [3.63, 3.8) is 0 Å². The summed E-state index contributed by atoms with van der Waals surface area (Å²) >= 11 is 0. The Morgan fingerprint density at radius 1 is 1.27 bits per heavy atom. The molecule has 1 N–H and O–H groups in total. The van der Waals surface area contributed by atoms with Gasteiger partial charge in [0.1, 0.15) is 0 Å². The number of amides is 1. The van der Waals surface area contributed by atoms with E-state index in [0.717, 1.165) is 12.0 Å². The Balaban J connectivity index is 2.11. The van der Waals surface area contributed by atoms with Crippen LogP contribution in [-0.4, -0.2) is 18.5 Å². The van der Waals surface area contributed by atoms with E-state index in [1.165, 1.54) is 6.26 Å². The Morgan fingerprint density at radius 3 is 2.68 bits per heavy atom. The Kier molecular flexibility index (Phi) is 5.77. The van der Waals surface area contributed by atoms with E-state index < -0.39 is 0 Å². The van der Waals surface area contributed by atoms with Crippen LogP contribution in [0.3, 0.4) is 0 Å². The molecule has 1 aromatic carbocycles. The average Bonchev–Trinajstić information content (AvgIpc) is 3.08. The van der Waals surface area contributed by atoms with Crippen LogP contribution >= 0.6 is 0 Å². The number of benzene rings is 1. The number of amidine groups is 1. The number of carbonyl (C=O) groups is 1. The minimum atomic E-state index is -0.375. The van der Waals surface area contributed by atoms with E-state index in [-0.39, 0.29) is 23.7 Å². The minimum Gasteiger partial charge on any atom is -0.465 e. The fraction of sp³-hybridized carbons (Fsp3) is 0.294. The van der Waals surface area contributed by atoms with Crippen LogP contribution in [0.4, 0.5) is 0 Å². The Morgan fingerprint density at radius 2 is 2.05 bits per heavy atom. The number of furan rings is 1. The summed E-state index contributed by atoms with van der Waals surface area (Å²) in [7, 11) is 0. The standard InChI is InChI=1S/C17H20N2O3/c1-3-11-22-17(19-16(20)15-10-7-12-21-15)18-13(2)14-8-5-4-6-9-14/h4-10,12-13H,3,11H2,1-2H3,(H,18,19,20). The third kappa shape index (κ3) is 4.48. The van der Waals surface area contributed by atoms with Crippen molar-refractivity contribution < 1.29 is 13.9 Å². The van der Waals surface area contributed by atoms with E-state index in [4.69, 9.17) is 9.15 Å². The molecule has 5 heteroatoms. The summed E-state index contributed by atoms with van der Waals surface area (Å²) in [5.74, 6) is -0.153. The average molecular weight is 300 g/mol. The quantitative estimate of drug-likeness (QED) is 0.678. The molecule has 5 nitrogen and oxygen atoms in total. The lowest BCUT2D eigenvalue weighted by atomic mass is 10.1. The highest BCUT2D eigenvalue weighted by Gasteiger charge is 2.14. The van der Waals surface area contributed by atoms with E-state index in [2.05, 4.69) is 10.3 Å². The van der Waals surface area contributed by atoms with Crippen LogP contribution in [0.1, 0.15) is 42.4 Å². The van der Waals surface area contributed by atoms with Gasteiger partial charge in [0, 0.05) is 0 Å². The Hall–Kier alpha value is -2.56. The van der Waals surface area contributed by atoms with E-state index in [9.17, 15) is 4.79 Å². The maximum atomic E-state index is 12.0. The monoisotopic (exact) mass is 300 g/mol. The highest BCUT2D eigenvalue weighted by molar-refractivity contribution is 6.02. The second kappa shape index (κ2) is 8.02. The van der Waals surface area contributed by atoms with Gasteiger partial charge in [-0.2, -0.15) is 0 Å². The first-order chi connectivity index (χ1) is 10.7. The largest absolute Gasteiger partial charge is 0.465 e. The molecule has 0 aliphatic rings. The molecule has 1 aromatic heterocycles. The van der Waals surface area contributed by atoms with E-state index in [0.29, 0.717) is 6.61 Å². The highest BCUT2D eigenvalue weighted by atomic mass is 16.5. The lowest BCUT2D eigenvalue weighted by Gasteiger charge is -2.12. The number of ether oxygens (including phenoxy) is 1. The summed E-state index contributed by atoms with van der Waals surface area (Å²) < 4.78 is 10.6. The number of aliphatic imine (C=N–C) groups is 1. The predicted octanol–water partition coefficient (Wildman–Crippen LogP) is 3.55. The molecule has 0 fully saturated rings. The molecule has 0 aliphatic carbocycles. The third-order valence-electron chi connectivity index (χ3n) is 3.00. The van der Waals surface area contributed by atoms with Gasteiger partial charge in [-0.05, 0) is 31.0 Å². The molecular weight excluding hydrogens is 280 g/mol. The first-order valence-corrected chi connectivity index (χ1v) is 7.31. The van der Waals surface area contributed by atoms with Crippen LogP contribution in [0.25, 0.3) is 0 Å². The smallest absolute Gasteiger partial charge is 0.294 e. The molecule has 1 amide bonds. The molecule has 2 rings (SSSR count).